The van der Waals surface area contributed by atoms with Crippen LogP contribution in [0.25, 0.3) is 0 Å². The first-order chi connectivity index (χ1) is 9.51. The molecule has 0 saturated carbocycles. The maximum atomic E-state index is 13.2. The average molecular weight is 342 g/mol. The Hall–Kier alpha value is -1.40. The highest BCUT2D eigenvalue weighted by Crippen LogP contribution is 2.28. The van der Waals surface area contributed by atoms with Gasteiger partial charge in [0.2, 0.25) is 0 Å². The molecule has 2 aromatic rings. The van der Waals surface area contributed by atoms with Gasteiger partial charge in [-0.2, -0.15) is 5.10 Å². The van der Waals surface area contributed by atoms with E-state index in [0.29, 0.717) is 10.2 Å². The lowest BCUT2D eigenvalue weighted by Gasteiger charge is -2.23. The molecule has 0 aliphatic heterocycles. The molecule has 2 N–H and O–H groups in total. The van der Waals surface area contributed by atoms with Crippen LogP contribution in [0.2, 0.25) is 0 Å². The van der Waals surface area contributed by atoms with Gasteiger partial charge in [-0.15, -0.1) is 0 Å². The Bertz CT molecular complexity index is 588. The summed E-state index contributed by atoms with van der Waals surface area (Å²) in [7, 11) is 1.84. The summed E-state index contributed by atoms with van der Waals surface area (Å²) in [4.78, 5) is 0. The van der Waals surface area contributed by atoms with E-state index >= 15 is 0 Å². The number of ether oxygens (including phenoxy) is 1. The fourth-order valence-corrected chi connectivity index (χ4v) is 2.26. The number of nitrogens with two attached hydrogens (primary N) is 1. The smallest absolute Gasteiger partial charge is 0.142 e. The molecule has 1 aromatic heterocycles. The molecule has 0 aliphatic carbocycles. The van der Waals surface area contributed by atoms with E-state index in [0.717, 1.165) is 12.0 Å². The van der Waals surface area contributed by atoms with Gasteiger partial charge in [0.15, 0.2) is 0 Å². The lowest BCUT2D eigenvalue weighted by Crippen LogP contribution is -2.31. The number of hydrogen-bond acceptors (Lipinski definition) is 3. The van der Waals surface area contributed by atoms with Crippen molar-refractivity contribution in [2.24, 2.45) is 12.8 Å². The molecule has 0 radical (unpaired) electrons. The number of nitrogens with zero attached hydrogens (tertiary/aromatic N) is 2. The number of rotatable bonds is 5. The third-order valence-electron chi connectivity index (χ3n) is 3.07. The first kappa shape index (κ1) is 15.0. The largest absolute Gasteiger partial charge is 0.484 e. The van der Waals surface area contributed by atoms with Gasteiger partial charge in [0.25, 0.3) is 0 Å². The quantitative estimate of drug-likeness (QED) is 0.908. The molecule has 1 aromatic carbocycles. The van der Waals surface area contributed by atoms with Crippen LogP contribution in [0, 0.1) is 5.82 Å². The normalized spacial score (nSPS) is 14.1. The molecule has 108 valence electrons. The van der Waals surface area contributed by atoms with Crippen LogP contribution in [-0.2, 0) is 7.05 Å². The van der Waals surface area contributed by atoms with E-state index in [-0.39, 0.29) is 18.0 Å². The zero-order chi connectivity index (χ0) is 14.7. The number of hydrogen-bond donors (Lipinski definition) is 1. The highest BCUT2D eigenvalue weighted by Gasteiger charge is 2.22. The van der Waals surface area contributed by atoms with Gasteiger partial charge < -0.3 is 10.5 Å². The third-order valence-corrected chi connectivity index (χ3v) is 3.68. The van der Waals surface area contributed by atoms with Crippen LogP contribution < -0.4 is 10.5 Å². The van der Waals surface area contributed by atoms with Crippen molar-refractivity contribution in [1.29, 1.82) is 0 Å². The number of halogens is 2. The molecule has 0 fully saturated rings. The Morgan fingerprint density at radius 3 is 2.80 bits per heavy atom. The van der Waals surface area contributed by atoms with E-state index in [2.05, 4.69) is 21.0 Å². The molecule has 2 unspecified atom stereocenters. The lowest BCUT2D eigenvalue weighted by atomic mass is 10.0. The van der Waals surface area contributed by atoms with Gasteiger partial charge in [0.05, 0.1) is 10.7 Å². The molecule has 2 rings (SSSR count). The van der Waals surface area contributed by atoms with E-state index in [9.17, 15) is 4.39 Å². The van der Waals surface area contributed by atoms with Crippen molar-refractivity contribution < 1.29 is 9.13 Å². The molecular formula is C14H17BrFN3O. The topological polar surface area (TPSA) is 53.1 Å². The van der Waals surface area contributed by atoms with Crippen molar-refractivity contribution in [3.8, 4) is 5.75 Å². The molecule has 0 amide bonds. The fraction of sp³-hybridized carbons (Fsp3) is 0.357. The Labute approximate surface area is 125 Å². The molecule has 0 saturated heterocycles. The van der Waals surface area contributed by atoms with Crippen molar-refractivity contribution >= 4 is 15.9 Å². The molecular weight excluding hydrogens is 325 g/mol. The van der Waals surface area contributed by atoms with Gasteiger partial charge in [0.1, 0.15) is 17.7 Å². The van der Waals surface area contributed by atoms with Gasteiger partial charge in [0, 0.05) is 24.8 Å². The molecule has 2 atom stereocenters. The van der Waals surface area contributed by atoms with E-state index in [1.807, 2.05) is 20.2 Å². The predicted octanol–water partition coefficient (Wildman–Crippen LogP) is 3.18. The summed E-state index contributed by atoms with van der Waals surface area (Å²) in [6.45, 7) is 2.00. The van der Waals surface area contributed by atoms with E-state index in [1.165, 1.54) is 6.07 Å². The third kappa shape index (κ3) is 3.37. The Morgan fingerprint density at radius 2 is 2.25 bits per heavy atom. The minimum absolute atomic E-state index is 0.164. The Morgan fingerprint density at radius 1 is 1.50 bits per heavy atom. The van der Waals surface area contributed by atoms with Crippen LogP contribution in [0.5, 0.6) is 5.75 Å². The summed E-state index contributed by atoms with van der Waals surface area (Å²) < 4.78 is 21.2. The van der Waals surface area contributed by atoms with E-state index in [4.69, 9.17) is 10.5 Å². The number of aryl methyl sites for hydroxylation is 1. The molecule has 6 heteroatoms. The van der Waals surface area contributed by atoms with Crippen molar-refractivity contribution in [3.05, 3.63) is 46.4 Å². The van der Waals surface area contributed by atoms with E-state index < -0.39 is 0 Å². The molecule has 0 bridgehead atoms. The molecule has 20 heavy (non-hydrogen) atoms. The monoisotopic (exact) mass is 341 g/mol. The molecule has 1 heterocycles. The highest BCUT2D eigenvalue weighted by atomic mass is 79.9. The van der Waals surface area contributed by atoms with Crippen LogP contribution in [0.1, 0.15) is 25.0 Å². The summed E-state index contributed by atoms with van der Waals surface area (Å²) in [5.41, 5.74) is 7.03. The predicted molar refractivity (Wildman–Crippen MR) is 78.9 cm³/mol. The van der Waals surface area contributed by atoms with Crippen molar-refractivity contribution in [1.82, 2.24) is 9.78 Å². The summed E-state index contributed by atoms with van der Waals surface area (Å²) in [5.74, 6) is 0.242. The first-order valence-corrected chi connectivity index (χ1v) is 7.16. The van der Waals surface area contributed by atoms with Crippen LogP contribution in [-0.4, -0.2) is 15.8 Å². The van der Waals surface area contributed by atoms with Crippen LogP contribution in [0.3, 0.4) is 0 Å². The summed E-state index contributed by atoms with van der Waals surface area (Å²) >= 11 is 3.15. The number of benzene rings is 1. The second-order valence-electron chi connectivity index (χ2n) is 4.63. The fourth-order valence-electron chi connectivity index (χ4n) is 1.90. The second kappa shape index (κ2) is 6.37. The summed E-state index contributed by atoms with van der Waals surface area (Å²) in [6.07, 6.45) is 4.06. The zero-order valence-corrected chi connectivity index (χ0v) is 13.0. The van der Waals surface area contributed by atoms with Crippen molar-refractivity contribution in [2.45, 2.75) is 25.5 Å². The highest BCUT2D eigenvalue weighted by molar-refractivity contribution is 9.10. The lowest BCUT2D eigenvalue weighted by molar-refractivity contribution is 0.170. The standard InChI is InChI=1S/C14H17BrFN3O/c1-3-13(17)14(9-7-18-19(2)8-9)20-10-4-5-12(16)11(15)6-10/h4-8,13-14H,3,17H2,1-2H3. The van der Waals surface area contributed by atoms with Crippen LogP contribution >= 0.6 is 15.9 Å². The molecule has 0 spiro atoms. The maximum Gasteiger partial charge on any atom is 0.142 e. The van der Waals surface area contributed by atoms with Crippen molar-refractivity contribution in [3.63, 3.8) is 0 Å². The minimum Gasteiger partial charge on any atom is -0.484 e. The Kier molecular flexibility index (Phi) is 4.77. The summed E-state index contributed by atoms with van der Waals surface area (Å²) in [6, 6.07) is 4.38. The van der Waals surface area contributed by atoms with E-state index in [1.54, 1.807) is 23.0 Å². The molecule has 0 aliphatic rings. The SMILES string of the molecule is CCC(N)C(Oc1ccc(F)c(Br)c1)c1cnn(C)c1. The number of aromatic nitrogens is 2. The van der Waals surface area contributed by atoms with Crippen molar-refractivity contribution in [2.75, 3.05) is 0 Å². The maximum absolute atomic E-state index is 13.2. The minimum atomic E-state index is -0.324. The van der Waals surface area contributed by atoms with Gasteiger partial charge in [-0.05, 0) is 40.5 Å². The molecule has 4 nitrogen and oxygen atoms in total. The van der Waals surface area contributed by atoms with Crippen LogP contribution in [0.4, 0.5) is 4.39 Å². The second-order valence-corrected chi connectivity index (χ2v) is 5.49. The van der Waals surface area contributed by atoms with Gasteiger partial charge in [-0.1, -0.05) is 6.92 Å². The van der Waals surface area contributed by atoms with Gasteiger partial charge in [-0.3, -0.25) is 4.68 Å². The first-order valence-electron chi connectivity index (χ1n) is 6.37. The average Bonchev–Trinajstić information content (AvgIpc) is 2.85. The Balaban J connectivity index is 2.25. The van der Waals surface area contributed by atoms with Crippen LogP contribution in [0.15, 0.2) is 35.1 Å². The van der Waals surface area contributed by atoms with Gasteiger partial charge in [-0.25, -0.2) is 4.39 Å². The zero-order valence-electron chi connectivity index (χ0n) is 11.4. The van der Waals surface area contributed by atoms with Gasteiger partial charge >= 0.3 is 0 Å². The summed E-state index contributed by atoms with van der Waals surface area (Å²) in [5, 5.41) is 4.14.